The molecule has 2 aromatic rings. The van der Waals surface area contributed by atoms with Crippen molar-refractivity contribution >= 4 is 39.2 Å². The minimum atomic E-state index is 0.0241. The molecular formula is C22H29N3O2S2. The van der Waals surface area contributed by atoms with Crippen LogP contribution in [0.5, 0.6) is 0 Å². The van der Waals surface area contributed by atoms with Crippen LogP contribution in [0.25, 0.3) is 10.2 Å². The molecule has 7 heteroatoms. The first-order chi connectivity index (χ1) is 14.1. The van der Waals surface area contributed by atoms with Gasteiger partial charge in [0.15, 0.2) is 5.16 Å². The molecule has 0 bridgehead atoms. The zero-order chi connectivity index (χ0) is 20.4. The molecule has 1 fully saturated rings. The second-order valence-corrected chi connectivity index (χ2v) is 10.2. The number of carbonyl (C=O) groups excluding carboxylic acids is 1. The Hall–Kier alpha value is -1.60. The summed E-state index contributed by atoms with van der Waals surface area (Å²) in [6.07, 6.45) is 9.44. The Labute approximate surface area is 180 Å². The maximum absolute atomic E-state index is 13.3. The van der Waals surface area contributed by atoms with E-state index in [0.29, 0.717) is 23.4 Å². The van der Waals surface area contributed by atoms with E-state index in [1.165, 1.54) is 35.0 Å². The number of aromatic nitrogens is 2. The summed E-state index contributed by atoms with van der Waals surface area (Å²) in [4.78, 5) is 35.0. The van der Waals surface area contributed by atoms with Gasteiger partial charge in [-0.3, -0.25) is 14.2 Å². The Balaban J connectivity index is 1.61. The zero-order valence-electron chi connectivity index (χ0n) is 17.1. The third-order valence-corrected chi connectivity index (χ3v) is 8.21. The first kappa shape index (κ1) is 20.7. The Morgan fingerprint density at radius 1 is 1.28 bits per heavy atom. The van der Waals surface area contributed by atoms with Crippen LogP contribution in [0.2, 0.25) is 0 Å². The van der Waals surface area contributed by atoms with Gasteiger partial charge in [-0.05, 0) is 50.0 Å². The van der Waals surface area contributed by atoms with Gasteiger partial charge in [0.05, 0.1) is 11.1 Å². The zero-order valence-corrected chi connectivity index (χ0v) is 18.7. The topological polar surface area (TPSA) is 55.2 Å². The lowest BCUT2D eigenvalue weighted by atomic mass is 9.99. The third kappa shape index (κ3) is 4.31. The number of hydrogen-bond donors (Lipinski definition) is 0. The molecule has 4 rings (SSSR count). The minimum Gasteiger partial charge on any atom is -0.342 e. The summed E-state index contributed by atoms with van der Waals surface area (Å²) in [5, 5.41) is 1.44. The molecule has 1 aliphatic heterocycles. The van der Waals surface area contributed by atoms with Crippen molar-refractivity contribution in [3.8, 4) is 0 Å². The highest BCUT2D eigenvalue weighted by Gasteiger charge is 2.23. The molecule has 1 amide bonds. The number of hydrogen-bond acceptors (Lipinski definition) is 5. The molecule has 1 saturated heterocycles. The molecule has 29 heavy (non-hydrogen) atoms. The number of rotatable bonds is 5. The van der Waals surface area contributed by atoms with Gasteiger partial charge in [0.1, 0.15) is 4.83 Å². The molecule has 2 aliphatic rings. The lowest BCUT2D eigenvalue weighted by Gasteiger charge is -2.30. The Kier molecular flexibility index (Phi) is 6.44. The van der Waals surface area contributed by atoms with E-state index >= 15 is 0 Å². The van der Waals surface area contributed by atoms with Crippen LogP contribution >= 0.6 is 23.1 Å². The van der Waals surface area contributed by atoms with E-state index in [0.717, 1.165) is 55.4 Å². The van der Waals surface area contributed by atoms with Gasteiger partial charge >= 0.3 is 0 Å². The van der Waals surface area contributed by atoms with E-state index in [1.807, 2.05) is 4.90 Å². The summed E-state index contributed by atoms with van der Waals surface area (Å²) >= 11 is 3.06. The Bertz CT molecular complexity index is 971. The first-order valence-electron chi connectivity index (χ1n) is 10.6. The summed E-state index contributed by atoms with van der Waals surface area (Å²) in [6.45, 7) is 8.15. The highest BCUT2D eigenvalue weighted by atomic mass is 32.2. The van der Waals surface area contributed by atoms with Crippen molar-refractivity contribution < 1.29 is 4.79 Å². The van der Waals surface area contributed by atoms with E-state index in [9.17, 15) is 9.59 Å². The van der Waals surface area contributed by atoms with E-state index in [4.69, 9.17) is 4.98 Å². The Morgan fingerprint density at radius 3 is 2.79 bits per heavy atom. The van der Waals surface area contributed by atoms with Crippen molar-refractivity contribution in [3.63, 3.8) is 0 Å². The predicted molar refractivity (Wildman–Crippen MR) is 121 cm³/mol. The van der Waals surface area contributed by atoms with E-state index in [-0.39, 0.29) is 11.5 Å². The smallest absolute Gasteiger partial charge is 0.263 e. The summed E-state index contributed by atoms with van der Waals surface area (Å²) in [7, 11) is 0. The summed E-state index contributed by atoms with van der Waals surface area (Å²) in [6, 6.07) is 0. The molecule has 156 valence electrons. The highest BCUT2D eigenvalue weighted by molar-refractivity contribution is 7.99. The fourth-order valence-electron chi connectivity index (χ4n) is 4.27. The highest BCUT2D eigenvalue weighted by Crippen LogP contribution is 2.34. The minimum absolute atomic E-state index is 0.0241. The fourth-order valence-corrected chi connectivity index (χ4v) is 6.49. The standard InChI is InChI=1S/C22H29N3O2S2/c1-3-11-25-21(27)19-16-7-5-4-6-8-17(16)29-20(19)23-22(25)28-14-18(26)24-12-9-15(2)10-13-24/h3,15H,1,4-14H2,2H3. The van der Waals surface area contributed by atoms with Crippen LogP contribution in [0.1, 0.15) is 49.5 Å². The van der Waals surface area contributed by atoms with Crippen molar-refractivity contribution in [2.45, 2.75) is 63.6 Å². The molecule has 5 nitrogen and oxygen atoms in total. The number of carbonyl (C=O) groups is 1. The van der Waals surface area contributed by atoms with Gasteiger partial charge in [-0.25, -0.2) is 4.98 Å². The average Bonchev–Trinajstić information content (AvgIpc) is 2.90. The molecule has 0 unspecified atom stereocenters. The van der Waals surface area contributed by atoms with Crippen LogP contribution in [0.15, 0.2) is 22.6 Å². The van der Waals surface area contributed by atoms with Gasteiger partial charge in [-0.1, -0.05) is 31.2 Å². The maximum Gasteiger partial charge on any atom is 0.263 e. The molecule has 0 saturated carbocycles. The van der Waals surface area contributed by atoms with Crippen molar-refractivity contribution in [1.82, 2.24) is 14.5 Å². The number of allylic oxidation sites excluding steroid dienone is 1. The van der Waals surface area contributed by atoms with Gasteiger partial charge in [-0.2, -0.15) is 0 Å². The van der Waals surface area contributed by atoms with Crippen molar-refractivity contribution in [3.05, 3.63) is 33.4 Å². The van der Waals surface area contributed by atoms with Gasteiger partial charge in [0.25, 0.3) is 5.56 Å². The van der Waals surface area contributed by atoms with Gasteiger partial charge in [0.2, 0.25) is 5.91 Å². The van der Waals surface area contributed by atoms with E-state index in [1.54, 1.807) is 22.0 Å². The van der Waals surface area contributed by atoms with Crippen LogP contribution < -0.4 is 5.56 Å². The fraction of sp³-hybridized carbons (Fsp3) is 0.591. The van der Waals surface area contributed by atoms with Crippen LogP contribution in [0.3, 0.4) is 0 Å². The molecule has 0 N–H and O–H groups in total. The molecule has 0 spiro atoms. The average molecular weight is 432 g/mol. The van der Waals surface area contributed by atoms with Gasteiger partial charge in [0, 0.05) is 24.5 Å². The molecule has 0 radical (unpaired) electrons. The largest absolute Gasteiger partial charge is 0.342 e. The monoisotopic (exact) mass is 431 g/mol. The number of amides is 1. The van der Waals surface area contributed by atoms with Crippen LogP contribution in [0, 0.1) is 5.92 Å². The van der Waals surface area contributed by atoms with Gasteiger partial charge in [-0.15, -0.1) is 17.9 Å². The second kappa shape index (κ2) is 9.04. The molecule has 3 heterocycles. The van der Waals surface area contributed by atoms with E-state index < -0.39 is 0 Å². The molecule has 1 aliphatic carbocycles. The van der Waals surface area contributed by atoms with Crippen molar-refractivity contribution in [1.29, 1.82) is 0 Å². The number of aryl methyl sites for hydroxylation is 2. The number of likely N-dealkylation sites (tertiary alicyclic amines) is 1. The summed E-state index contributed by atoms with van der Waals surface area (Å²) in [5.41, 5.74) is 1.24. The van der Waals surface area contributed by atoms with Crippen LogP contribution in [-0.4, -0.2) is 39.2 Å². The molecule has 0 atom stereocenters. The lowest BCUT2D eigenvalue weighted by Crippen LogP contribution is -2.39. The Morgan fingerprint density at radius 2 is 2.03 bits per heavy atom. The normalized spacial score (nSPS) is 17.9. The number of fused-ring (bicyclic) bond motifs is 3. The van der Waals surface area contributed by atoms with Crippen molar-refractivity contribution in [2.24, 2.45) is 5.92 Å². The first-order valence-corrected chi connectivity index (χ1v) is 12.4. The lowest BCUT2D eigenvalue weighted by molar-refractivity contribution is -0.129. The van der Waals surface area contributed by atoms with Crippen LogP contribution in [0.4, 0.5) is 0 Å². The summed E-state index contributed by atoms with van der Waals surface area (Å²) in [5.74, 6) is 1.17. The van der Waals surface area contributed by atoms with Crippen molar-refractivity contribution in [2.75, 3.05) is 18.8 Å². The maximum atomic E-state index is 13.3. The predicted octanol–water partition coefficient (Wildman–Crippen LogP) is 4.26. The third-order valence-electron chi connectivity index (χ3n) is 6.06. The SMILES string of the molecule is C=CCn1c(SCC(=O)N2CCC(C)CC2)nc2sc3c(c2c1=O)CCCCC3. The number of piperidine rings is 1. The molecule has 2 aromatic heterocycles. The second-order valence-electron chi connectivity index (χ2n) is 8.20. The quantitative estimate of drug-likeness (QED) is 0.307. The molecular weight excluding hydrogens is 402 g/mol. The van der Waals surface area contributed by atoms with E-state index in [2.05, 4.69) is 13.5 Å². The molecule has 0 aromatic carbocycles. The van der Waals surface area contributed by atoms with Gasteiger partial charge < -0.3 is 4.90 Å². The summed E-state index contributed by atoms with van der Waals surface area (Å²) < 4.78 is 1.70. The van der Waals surface area contributed by atoms with Crippen LogP contribution in [-0.2, 0) is 24.2 Å². The number of thioether (sulfide) groups is 1. The number of nitrogens with zero attached hydrogens (tertiary/aromatic N) is 3. The number of thiophene rings is 1.